The molecule has 100 valence electrons. The van der Waals surface area contributed by atoms with Crippen LogP contribution in [0.3, 0.4) is 0 Å². The Hall–Kier alpha value is -1.22. The van der Waals surface area contributed by atoms with Gasteiger partial charge in [0.2, 0.25) is 0 Å². The summed E-state index contributed by atoms with van der Waals surface area (Å²) in [6.45, 7) is 7.74. The van der Waals surface area contributed by atoms with E-state index in [-0.39, 0.29) is 0 Å². The Morgan fingerprint density at radius 3 is 2.94 bits per heavy atom. The Morgan fingerprint density at radius 1 is 1.33 bits per heavy atom. The number of rotatable bonds is 2. The summed E-state index contributed by atoms with van der Waals surface area (Å²) < 4.78 is 5.52. The van der Waals surface area contributed by atoms with E-state index in [0.29, 0.717) is 6.04 Å². The van der Waals surface area contributed by atoms with Gasteiger partial charge in [0, 0.05) is 12.6 Å². The van der Waals surface area contributed by atoms with Gasteiger partial charge in [0.25, 0.3) is 0 Å². The molecule has 1 N–H and O–H groups in total. The fraction of sp³-hybridized carbons (Fsp3) is 0.600. The molecule has 1 saturated heterocycles. The first-order valence-electron chi connectivity index (χ1n) is 6.84. The van der Waals surface area contributed by atoms with Crippen LogP contribution in [0.1, 0.15) is 25.3 Å². The van der Waals surface area contributed by atoms with Crippen LogP contribution in [0.4, 0.5) is 5.69 Å². The van der Waals surface area contributed by atoms with Gasteiger partial charge in [-0.3, -0.25) is 0 Å². The van der Waals surface area contributed by atoms with Crippen LogP contribution in [0.15, 0.2) is 18.2 Å². The summed E-state index contributed by atoms with van der Waals surface area (Å²) in [7, 11) is 1.75. The first-order valence-corrected chi connectivity index (χ1v) is 6.84. The zero-order valence-electron chi connectivity index (χ0n) is 11.7. The predicted octanol–water partition coefficient (Wildman–Crippen LogP) is 2.58. The monoisotopic (exact) mass is 248 g/mol. The lowest BCUT2D eigenvalue weighted by Crippen LogP contribution is -2.40. The summed E-state index contributed by atoms with van der Waals surface area (Å²) in [6, 6.07) is 6.98. The smallest absolute Gasteiger partial charge is 0.142 e. The van der Waals surface area contributed by atoms with Gasteiger partial charge in [-0.2, -0.15) is 0 Å². The molecule has 0 bridgehead atoms. The number of hydrogen-bond acceptors (Lipinski definition) is 3. The highest BCUT2D eigenvalue weighted by atomic mass is 16.5. The van der Waals surface area contributed by atoms with Crippen molar-refractivity contribution in [2.24, 2.45) is 0 Å². The van der Waals surface area contributed by atoms with E-state index in [4.69, 9.17) is 4.74 Å². The Bertz CT molecular complexity index is 392. The zero-order valence-corrected chi connectivity index (χ0v) is 11.7. The third-order valence-corrected chi connectivity index (χ3v) is 3.67. The maximum absolute atomic E-state index is 5.52. The molecule has 0 aromatic heterocycles. The molecule has 0 radical (unpaired) electrons. The van der Waals surface area contributed by atoms with Crippen LogP contribution >= 0.6 is 0 Å². The van der Waals surface area contributed by atoms with Gasteiger partial charge >= 0.3 is 0 Å². The number of methoxy groups -OCH3 is 1. The number of ether oxygens (including phenoxy) is 1. The van der Waals surface area contributed by atoms with Crippen molar-refractivity contribution in [2.75, 3.05) is 31.6 Å². The first-order chi connectivity index (χ1) is 8.72. The Morgan fingerprint density at radius 2 is 2.17 bits per heavy atom. The van der Waals surface area contributed by atoms with E-state index in [1.54, 1.807) is 7.11 Å². The first kappa shape index (κ1) is 13.2. The van der Waals surface area contributed by atoms with Gasteiger partial charge in [-0.25, -0.2) is 0 Å². The topological polar surface area (TPSA) is 24.5 Å². The molecule has 1 heterocycles. The van der Waals surface area contributed by atoms with Gasteiger partial charge in [-0.05, 0) is 57.5 Å². The molecule has 1 atom stereocenters. The molecule has 0 aliphatic carbocycles. The number of benzene rings is 1. The van der Waals surface area contributed by atoms with Crippen molar-refractivity contribution >= 4 is 5.69 Å². The van der Waals surface area contributed by atoms with Crippen molar-refractivity contribution in [3.63, 3.8) is 0 Å². The maximum Gasteiger partial charge on any atom is 0.142 e. The molecule has 1 aromatic rings. The quantitative estimate of drug-likeness (QED) is 0.870. The molecule has 0 amide bonds. The number of hydrogen-bond donors (Lipinski definition) is 1. The summed E-state index contributed by atoms with van der Waals surface area (Å²) in [4.78, 5) is 2.49. The van der Waals surface area contributed by atoms with Crippen LogP contribution in [0.25, 0.3) is 0 Å². The average Bonchev–Trinajstić information content (AvgIpc) is 2.34. The van der Waals surface area contributed by atoms with E-state index in [1.165, 1.54) is 24.1 Å². The minimum Gasteiger partial charge on any atom is -0.495 e. The molecule has 3 nitrogen and oxygen atoms in total. The SMILES string of the molecule is COc1ccc(C)cc1N1CCCNCCC1C. The zero-order chi connectivity index (χ0) is 13.0. The Labute approximate surface area is 110 Å². The predicted molar refractivity (Wildman–Crippen MR) is 76.6 cm³/mol. The lowest BCUT2D eigenvalue weighted by molar-refractivity contribution is 0.409. The van der Waals surface area contributed by atoms with E-state index in [9.17, 15) is 0 Å². The minimum absolute atomic E-state index is 0.550. The molecule has 3 heteroatoms. The van der Waals surface area contributed by atoms with Gasteiger partial charge in [0.05, 0.1) is 12.8 Å². The maximum atomic E-state index is 5.52. The van der Waals surface area contributed by atoms with Crippen LogP contribution in [-0.2, 0) is 0 Å². The van der Waals surface area contributed by atoms with Gasteiger partial charge in [0.1, 0.15) is 5.75 Å². The summed E-state index contributed by atoms with van der Waals surface area (Å²) >= 11 is 0. The molecule has 1 fully saturated rings. The summed E-state index contributed by atoms with van der Waals surface area (Å²) in [5.74, 6) is 0.987. The van der Waals surface area contributed by atoms with E-state index < -0.39 is 0 Å². The van der Waals surface area contributed by atoms with Crippen molar-refractivity contribution in [2.45, 2.75) is 32.7 Å². The van der Waals surface area contributed by atoms with E-state index >= 15 is 0 Å². The number of aryl methyl sites for hydroxylation is 1. The van der Waals surface area contributed by atoms with E-state index in [0.717, 1.165) is 25.4 Å². The fourth-order valence-corrected chi connectivity index (χ4v) is 2.57. The molecular weight excluding hydrogens is 224 g/mol. The van der Waals surface area contributed by atoms with Crippen LogP contribution in [0.2, 0.25) is 0 Å². The van der Waals surface area contributed by atoms with Crippen molar-refractivity contribution in [3.8, 4) is 5.75 Å². The number of nitrogens with one attached hydrogen (secondary N) is 1. The third-order valence-electron chi connectivity index (χ3n) is 3.67. The lowest BCUT2D eigenvalue weighted by atomic mass is 10.1. The van der Waals surface area contributed by atoms with Crippen molar-refractivity contribution in [1.29, 1.82) is 0 Å². The van der Waals surface area contributed by atoms with Gasteiger partial charge in [-0.1, -0.05) is 6.07 Å². The summed E-state index contributed by atoms with van der Waals surface area (Å²) in [5, 5.41) is 3.47. The molecule has 0 spiro atoms. The summed E-state index contributed by atoms with van der Waals surface area (Å²) in [5.41, 5.74) is 2.53. The molecule has 1 aliphatic heterocycles. The lowest BCUT2D eigenvalue weighted by Gasteiger charge is -2.34. The average molecular weight is 248 g/mol. The molecule has 0 saturated carbocycles. The highest BCUT2D eigenvalue weighted by Gasteiger charge is 2.19. The normalized spacial score (nSPS) is 21.3. The minimum atomic E-state index is 0.550. The van der Waals surface area contributed by atoms with Crippen molar-refractivity contribution in [3.05, 3.63) is 23.8 Å². The highest BCUT2D eigenvalue weighted by molar-refractivity contribution is 5.60. The number of anilines is 1. The second-order valence-corrected chi connectivity index (χ2v) is 5.11. The second kappa shape index (κ2) is 6.10. The highest BCUT2D eigenvalue weighted by Crippen LogP contribution is 2.31. The van der Waals surface area contributed by atoms with Crippen LogP contribution < -0.4 is 15.0 Å². The van der Waals surface area contributed by atoms with E-state index in [2.05, 4.69) is 42.3 Å². The van der Waals surface area contributed by atoms with Crippen LogP contribution in [-0.4, -0.2) is 32.8 Å². The van der Waals surface area contributed by atoms with Crippen molar-refractivity contribution in [1.82, 2.24) is 5.32 Å². The molecule has 1 aromatic carbocycles. The number of nitrogens with zero attached hydrogens (tertiary/aromatic N) is 1. The van der Waals surface area contributed by atoms with Crippen LogP contribution in [0.5, 0.6) is 5.75 Å². The van der Waals surface area contributed by atoms with Crippen molar-refractivity contribution < 1.29 is 4.74 Å². The Balaban J connectivity index is 2.28. The molecule has 1 aliphatic rings. The standard InChI is InChI=1S/C15H24N2O/c1-12-5-6-15(18-3)14(11-12)17-10-4-8-16-9-7-13(17)2/h5-6,11,13,16H,4,7-10H2,1-3H3. The van der Waals surface area contributed by atoms with Gasteiger partial charge in [0.15, 0.2) is 0 Å². The Kier molecular flexibility index (Phi) is 4.48. The molecule has 1 unspecified atom stereocenters. The fourth-order valence-electron chi connectivity index (χ4n) is 2.57. The third kappa shape index (κ3) is 2.96. The molecule has 18 heavy (non-hydrogen) atoms. The molecule has 2 rings (SSSR count). The van der Waals surface area contributed by atoms with E-state index in [1.807, 2.05) is 0 Å². The van der Waals surface area contributed by atoms with Crippen LogP contribution in [0, 0.1) is 6.92 Å². The summed E-state index contributed by atoms with van der Waals surface area (Å²) in [6.07, 6.45) is 2.36. The van der Waals surface area contributed by atoms with Gasteiger partial charge in [-0.15, -0.1) is 0 Å². The van der Waals surface area contributed by atoms with Gasteiger partial charge < -0.3 is 15.0 Å². The largest absolute Gasteiger partial charge is 0.495 e. The second-order valence-electron chi connectivity index (χ2n) is 5.11. The molecular formula is C15H24N2O.